The quantitative estimate of drug-likeness (QED) is 0.523. The summed E-state index contributed by atoms with van der Waals surface area (Å²) < 4.78 is 0.698. The number of amides is 3. The van der Waals surface area contributed by atoms with E-state index in [0.29, 0.717) is 4.34 Å². The minimum absolute atomic E-state index is 0.356. The molecule has 0 radical (unpaired) electrons. The summed E-state index contributed by atoms with van der Waals surface area (Å²) in [6.45, 7) is 4.70. The van der Waals surface area contributed by atoms with Gasteiger partial charge in [-0.1, -0.05) is 36.4 Å². The number of unbranched alkanes of at least 4 members (excludes halogenated alkanes) is 1. The van der Waals surface area contributed by atoms with Gasteiger partial charge in [-0.2, -0.15) is 0 Å². The second-order valence-corrected chi connectivity index (χ2v) is 6.55. The number of anilines is 1. The van der Waals surface area contributed by atoms with E-state index in [9.17, 15) is 9.59 Å². The maximum atomic E-state index is 11.7. The lowest BCUT2D eigenvalue weighted by Crippen LogP contribution is -2.41. The summed E-state index contributed by atoms with van der Waals surface area (Å²) >= 11 is 2.68. The summed E-state index contributed by atoms with van der Waals surface area (Å²) in [6.07, 6.45) is 2.19. The van der Waals surface area contributed by atoms with Gasteiger partial charge in [-0.3, -0.25) is 10.1 Å². The Kier molecular flexibility index (Phi) is 7.31. The van der Waals surface area contributed by atoms with Gasteiger partial charge in [-0.15, -0.1) is 10.2 Å². The number of hydrogen-bond acceptors (Lipinski definition) is 7. The van der Waals surface area contributed by atoms with E-state index < -0.39 is 11.3 Å². The van der Waals surface area contributed by atoms with Gasteiger partial charge in [-0.05, 0) is 13.3 Å². The number of aromatic nitrogens is 2. The molecule has 0 aromatic carbocycles. The molecular formula is C11H19N5O2S2. The molecule has 0 aliphatic rings. The van der Waals surface area contributed by atoms with Crippen LogP contribution in [-0.4, -0.2) is 41.0 Å². The number of nitrogens with zero attached hydrogens (tertiary/aromatic N) is 2. The van der Waals surface area contributed by atoms with Crippen LogP contribution < -0.4 is 16.0 Å². The molecule has 3 amide bonds. The average molecular weight is 317 g/mol. The van der Waals surface area contributed by atoms with Gasteiger partial charge in [0.05, 0.1) is 5.25 Å². The van der Waals surface area contributed by atoms with Crippen LogP contribution in [0.2, 0.25) is 0 Å². The molecule has 0 aliphatic carbocycles. The number of imide groups is 1. The molecule has 0 fully saturated rings. The van der Waals surface area contributed by atoms with Crippen LogP contribution >= 0.6 is 23.1 Å². The first kappa shape index (κ1) is 16.7. The highest BCUT2D eigenvalue weighted by Gasteiger charge is 2.18. The molecule has 9 heteroatoms. The molecule has 0 unspecified atom stereocenters. The first-order chi connectivity index (χ1) is 9.56. The Hall–Kier alpha value is -1.35. The van der Waals surface area contributed by atoms with E-state index in [-0.39, 0.29) is 5.91 Å². The van der Waals surface area contributed by atoms with E-state index in [0.717, 1.165) is 24.5 Å². The Bertz CT molecular complexity index is 452. The second kappa shape index (κ2) is 8.75. The summed E-state index contributed by atoms with van der Waals surface area (Å²) in [5.74, 6) is -0.356. The van der Waals surface area contributed by atoms with E-state index in [1.54, 1.807) is 6.92 Å². The fourth-order valence-corrected chi connectivity index (χ4v) is 3.10. The van der Waals surface area contributed by atoms with E-state index in [1.807, 2.05) is 0 Å². The topological polar surface area (TPSA) is 96.0 Å². The molecule has 0 aliphatic heterocycles. The third-order valence-corrected chi connectivity index (χ3v) is 4.39. The molecule has 0 saturated heterocycles. The number of urea groups is 1. The largest absolute Gasteiger partial charge is 0.360 e. The normalized spacial score (nSPS) is 11.8. The SMILES string of the molecule is CCCCNc1nnc(S[C@@H](C)C(=O)NC(=O)NC)s1. The van der Waals surface area contributed by atoms with Gasteiger partial charge >= 0.3 is 6.03 Å². The molecule has 1 aromatic rings. The molecule has 1 rings (SSSR count). The van der Waals surface area contributed by atoms with Crippen LogP contribution in [-0.2, 0) is 4.79 Å². The van der Waals surface area contributed by atoms with Crippen molar-refractivity contribution in [2.75, 3.05) is 18.9 Å². The number of carbonyl (C=O) groups is 2. The first-order valence-corrected chi connectivity index (χ1v) is 8.03. The Morgan fingerprint density at radius 3 is 2.80 bits per heavy atom. The van der Waals surface area contributed by atoms with Gasteiger partial charge in [0, 0.05) is 13.6 Å². The zero-order chi connectivity index (χ0) is 15.0. The predicted molar refractivity (Wildman–Crippen MR) is 81.2 cm³/mol. The molecule has 20 heavy (non-hydrogen) atoms. The lowest BCUT2D eigenvalue weighted by molar-refractivity contribution is -0.119. The van der Waals surface area contributed by atoms with Crippen LogP contribution in [0.25, 0.3) is 0 Å². The number of hydrogen-bond donors (Lipinski definition) is 3. The first-order valence-electron chi connectivity index (χ1n) is 6.33. The van der Waals surface area contributed by atoms with Gasteiger partial charge in [0.1, 0.15) is 0 Å². The molecular weight excluding hydrogens is 298 g/mol. The minimum Gasteiger partial charge on any atom is -0.360 e. The maximum Gasteiger partial charge on any atom is 0.321 e. The van der Waals surface area contributed by atoms with E-state index in [1.165, 1.54) is 30.1 Å². The minimum atomic E-state index is -0.512. The number of rotatable bonds is 7. The molecule has 1 aromatic heterocycles. The van der Waals surface area contributed by atoms with Crippen LogP contribution in [0.1, 0.15) is 26.7 Å². The van der Waals surface area contributed by atoms with Crippen LogP contribution in [0, 0.1) is 0 Å². The third-order valence-electron chi connectivity index (χ3n) is 2.32. The van der Waals surface area contributed by atoms with Crippen molar-refractivity contribution in [2.24, 2.45) is 0 Å². The van der Waals surface area contributed by atoms with Crippen molar-refractivity contribution in [2.45, 2.75) is 36.3 Å². The van der Waals surface area contributed by atoms with E-state index >= 15 is 0 Å². The standard InChI is InChI=1S/C11H19N5O2S2/c1-4-5-6-13-10-15-16-11(20-10)19-7(2)8(17)14-9(18)12-3/h7H,4-6H2,1-3H3,(H,13,15)(H2,12,14,17,18)/t7-/m0/s1. The Balaban J connectivity index is 2.43. The highest BCUT2D eigenvalue weighted by molar-refractivity contribution is 8.02. The van der Waals surface area contributed by atoms with Crippen LogP contribution in [0.5, 0.6) is 0 Å². The molecule has 7 nitrogen and oxygen atoms in total. The monoisotopic (exact) mass is 317 g/mol. The summed E-state index contributed by atoms with van der Waals surface area (Å²) in [6, 6.07) is -0.512. The molecule has 0 bridgehead atoms. The Labute approximate surface area is 126 Å². The van der Waals surface area contributed by atoms with Crippen LogP contribution in [0.15, 0.2) is 4.34 Å². The van der Waals surface area contributed by atoms with Gasteiger partial charge < -0.3 is 10.6 Å². The van der Waals surface area contributed by atoms with Gasteiger partial charge in [0.2, 0.25) is 11.0 Å². The number of thioether (sulfide) groups is 1. The number of nitrogens with one attached hydrogen (secondary N) is 3. The fourth-order valence-electron chi connectivity index (χ4n) is 1.18. The zero-order valence-corrected chi connectivity index (χ0v) is 13.4. The van der Waals surface area contributed by atoms with Crippen molar-refractivity contribution < 1.29 is 9.59 Å². The highest BCUT2D eigenvalue weighted by Crippen LogP contribution is 2.28. The van der Waals surface area contributed by atoms with Crippen molar-refractivity contribution >= 4 is 40.2 Å². The average Bonchev–Trinajstić information content (AvgIpc) is 2.86. The van der Waals surface area contributed by atoms with Gasteiger partial charge in [0.25, 0.3) is 0 Å². The van der Waals surface area contributed by atoms with Crippen molar-refractivity contribution in [3.05, 3.63) is 0 Å². The lowest BCUT2D eigenvalue weighted by Gasteiger charge is -2.08. The summed E-state index contributed by atoms with van der Waals surface area (Å²) in [4.78, 5) is 22.7. The Morgan fingerprint density at radius 2 is 2.15 bits per heavy atom. The third kappa shape index (κ3) is 5.74. The van der Waals surface area contributed by atoms with E-state index in [4.69, 9.17) is 0 Å². The molecule has 0 saturated carbocycles. The van der Waals surface area contributed by atoms with Gasteiger partial charge in [-0.25, -0.2) is 4.79 Å². The molecule has 1 heterocycles. The van der Waals surface area contributed by atoms with E-state index in [2.05, 4.69) is 33.1 Å². The van der Waals surface area contributed by atoms with Crippen molar-refractivity contribution in [3.8, 4) is 0 Å². The molecule has 1 atom stereocenters. The lowest BCUT2D eigenvalue weighted by atomic mass is 10.3. The van der Waals surface area contributed by atoms with Crippen molar-refractivity contribution in [3.63, 3.8) is 0 Å². The smallest absolute Gasteiger partial charge is 0.321 e. The molecule has 3 N–H and O–H groups in total. The predicted octanol–water partition coefficient (Wildman–Crippen LogP) is 1.69. The van der Waals surface area contributed by atoms with Crippen LogP contribution in [0.4, 0.5) is 9.93 Å². The summed E-state index contributed by atoms with van der Waals surface area (Å²) in [5, 5.41) is 16.1. The van der Waals surface area contributed by atoms with Crippen molar-refractivity contribution in [1.82, 2.24) is 20.8 Å². The Morgan fingerprint density at radius 1 is 1.40 bits per heavy atom. The number of carbonyl (C=O) groups excluding carboxylic acids is 2. The molecule has 0 spiro atoms. The fraction of sp³-hybridized carbons (Fsp3) is 0.636. The van der Waals surface area contributed by atoms with Crippen LogP contribution in [0.3, 0.4) is 0 Å². The maximum absolute atomic E-state index is 11.7. The highest BCUT2D eigenvalue weighted by atomic mass is 32.2. The summed E-state index contributed by atoms with van der Waals surface area (Å²) in [5.41, 5.74) is 0. The van der Waals surface area contributed by atoms with Gasteiger partial charge in [0.15, 0.2) is 4.34 Å². The van der Waals surface area contributed by atoms with Crippen molar-refractivity contribution in [1.29, 1.82) is 0 Å². The summed E-state index contributed by atoms with van der Waals surface area (Å²) in [7, 11) is 1.46. The molecule has 112 valence electrons. The zero-order valence-electron chi connectivity index (χ0n) is 11.7. The second-order valence-electron chi connectivity index (χ2n) is 3.98.